The average molecular weight is 257 g/mol. The fourth-order valence-corrected chi connectivity index (χ4v) is 1.84. The monoisotopic (exact) mass is 256 g/mol. The molecule has 6 nitrogen and oxygen atoms in total. The summed E-state index contributed by atoms with van der Waals surface area (Å²) in [6.07, 6.45) is -0.479. The molecule has 1 heterocycles. The molecular formula is C10H9ClN2O4. The third-order valence-electron chi connectivity index (χ3n) is 2.54. The lowest BCUT2D eigenvalue weighted by molar-refractivity contribution is -0.384. The van der Waals surface area contributed by atoms with E-state index >= 15 is 0 Å². The number of benzene rings is 1. The molecule has 0 bridgehead atoms. The number of hydrogen-bond acceptors (Lipinski definition) is 4. The standard InChI is InChI=1S/C10H9ClN2O4/c11-8-3-6(1-2-9(8)13(16)17)10(15)12-4-7(14)5-12/h1-3,7,14H,4-5H2. The normalized spacial score (nSPS) is 15.5. The lowest BCUT2D eigenvalue weighted by atomic mass is 10.1. The molecular weight excluding hydrogens is 248 g/mol. The van der Waals surface area contributed by atoms with Crippen LogP contribution in [0.5, 0.6) is 0 Å². The number of carbonyl (C=O) groups excluding carboxylic acids is 1. The molecule has 0 aromatic heterocycles. The predicted octanol–water partition coefficient (Wildman–Crippen LogP) is 1.06. The first kappa shape index (κ1) is 11.8. The lowest BCUT2D eigenvalue weighted by Gasteiger charge is -2.35. The molecule has 1 aliphatic heterocycles. The summed E-state index contributed by atoms with van der Waals surface area (Å²) in [5.74, 6) is -0.285. The quantitative estimate of drug-likeness (QED) is 0.634. The Kier molecular flexibility index (Phi) is 2.99. The molecule has 90 valence electrons. The van der Waals surface area contributed by atoms with Gasteiger partial charge < -0.3 is 10.0 Å². The molecule has 0 spiro atoms. The first-order chi connectivity index (χ1) is 7.99. The van der Waals surface area contributed by atoms with E-state index in [2.05, 4.69) is 0 Å². The molecule has 0 aliphatic carbocycles. The van der Waals surface area contributed by atoms with E-state index in [-0.39, 0.29) is 35.3 Å². The molecule has 1 saturated heterocycles. The highest BCUT2D eigenvalue weighted by molar-refractivity contribution is 6.33. The molecule has 1 aromatic carbocycles. The Bertz CT molecular complexity index is 485. The summed E-state index contributed by atoms with van der Waals surface area (Å²) in [4.78, 5) is 23.2. The van der Waals surface area contributed by atoms with Crippen molar-refractivity contribution in [2.75, 3.05) is 13.1 Å². The molecule has 0 unspecified atom stereocenters. The molecule has 0 saturated carbocycles. The number of nitro groups is 1. The summed E-state index contributed by atoms with van der Waals surface area (Å²) in [6, 6.07) is 3.83. The van der Waals surface area contributed by atoms with Gasteiger partial charge in [0.1, 0.15) is 5.02 Å². The van der Waals surface area contributed by atoms with Gasteiger partial charge in [0, 0.05) is 24.7 Å². The molecule has 1 aromatic rings. The van der Waals surface area contributed by atoms with Crippen LogP contribution in [0.2, 0.25) is 5.02 Å². The van der Waals surface area contributed by atoms with Crippen molar-refractivity contribution in [3.8, 4) is 0 Å². The van der Waals surface area contributed by atoms with E-state index in [1.165, 1.54) is 23.1 Å². The largest absolute Gasteiger partial charge is 0.389 e. The fraction of sp³-hybridized carbons (Fsp3) is 0.300. The van der Waals surface area contributed by atoms with Crippen LogP contribution in [0.15, 0.2) is 18.2 Å². The molecule has 1 fully saturated rings. The maximum absolute atomic E-state index is 11.8. The maximum Gasteiger partial charge on any atom is 0.287 e. The van der Waals surface area contributed by atoms with Gasteiger partial charge in [-0.3, -0.25) is 14.9 Å². The minimum atomic E-state index is -0.607. The summed E-state index contributed by atoms with van der Waals surface area (Å²) in [5, 5.41) is 19.5. The number of β-amino-alcohol motifs (C(OH)–C–C–N with tert-alkyl or cyclic N) is 1. The summed E-state index contributed by atoms with van der Waals surface area (Å²) >= 11 is 5.70. The number of nitro benzene ring substituents is 1. The Morgan fingerprint density at radius 3 is 2.65 bits per heavy atom. The zero-order valence-corrected chi connectivity index (χ0v) is 9.42. The van der Waals surface area contributed by atoms with Crippen LogP contribution in [0.4, 0.5) is 5.69 Å². The van der Waals surface area contributed by atoms with Crippen LogP contribution >= 0.6 is 11.6 Å². The van der Waals surface area contributed by atoms with Gasteiger partial charge in [0.25, 0.3) is 11.6 Å². The second-order valence-electron chi connectivity index (χ2n) is 3.79. The van der Waals surface area contributed by atoms with Crippen molar-refractivity contribution in [2.24, 2.45) is 0 Å². The minimum Gasteiger partial charge on any atom is -0.389 e. The smallest absolute Gasteiger partial charge is 0.287 e. The molecule has 7 heteroatoms. The zero-order chi connectivity index (χ0) is 12.6. The summed E-state index contributed by atoms with van der Waals surface area (Å²) in [5.41, 5.74) is 0.0550. The number of amides is 1. The van der Waals surface area contributed by atoms with Crippen LogP contribution in [0.1, 0.15) is 10.4 Å². The number of likely N-dealkylation sites (tertiary alicyclic amines) is 1. The topological polar surface area (TPSA) is 83.7 Å². The van der Waals surface area contributed by atoms with Gasteiger partial charge in [-0.2, -0.15) is 0 Å². The van der Waals surface area contributed by atoms with E-state index in [0.717, 1.165) is 0 Å². The summed E-state index contributed by atoms with van der Waals surface area (Å²) < 4.78 is 0. The van der Waals surface area contributed by atoms with Crippen LogP contribution in [-0.2, 0) is 0 Å². The van der Waals surface area contributed by atoms with Gasteiger partial charge in [-0.15, -0.1) is 0 Å². The molecule has 1 aliphatic rings. The first-order valence-corrected chi connectivity index (χ1v) is 5.28. The van der Waals surface area contributed by atoms with E-state index in [1.807, 2.05) is 0 Å². The van der Waals surface area contributed by atoms with Crippen LogP contribution in [0.25, 0.3) is 0 Å². The van der Waals surface area contributed by atoms with Crippen LogP contribution in [0, 0.1) is 10.1 Å². The highest BCUT2D eigenvalue weighted by Gasteiger charge is 2.30. The van der Waals surface area contributed by atoms with Gasteiger partial charge in [0.2, 0.25) is 0 Å². The molecule has 2 rings (SSSR count). The van der Waals surface area contributed by atoms with Crippen molar-refractivity contribution in [3.05, 3.63) is 38.9 Å². The number of rotatable bonds is 2. The average Bonchev–Trinajstić information content (AvgIpc) is 2.23. The highest BCUT2D eigenvalue weighted by Crippen LogP contribution is 2.26. The fourth-order valence-electron chi connectivity index (χ4n) is 1.59. The summed E-state index contributed by atoms with van der Waals surface area (Å²) in [6.45, 7) is 0.570. The van der Waals surface area contributed by atoms with Crippen molar-refractivity contribution in [3.63, 3.8) is 0 Å². The van der Waals surface area contributed by atoms with Gasteiger partial charge in [0.05, 0.1) is 11.0 Å². The van der Waals surface area contributed by atoms with Crippen molar-refractivity contribution < 1.29 is 14.8 Å². The lowest BCUT2D eigenvalue weighted by Crippen LogP contribution is -2.53. The van der Waals surface area contributed by atoms with Crippen LogP contribution < -0.4 is 0 Å². The Labute approximate surface area is 102 Å². The Balaban J connectivity index is 2.20. The number of carbonyl (C=O) groups is 1. The number of aliphatic hydroxyl groups is 1. The van der Waals surface area contributed by atoms with Crippen LogP contribution in [0.3, 0.4) is 0 Å². The van der Waals surface area contributed by atoms with Gasteiger partial charge in [0.15, 0.2) is 0 Å². The Hall–Kier alpha value is -1.66. The van der Waals surface area contributed by atoms with Crippen molar-refractivity contribution >= 4 is 23.2 Å². The van der Waals surface area contributed by atoms with E-state index in [1.54, 1.807) is 0 Å². The second kappa shape index (κ2) is 4.31. The number of nitrogens with zero attached hydrogens (tertiary/aromatic N) is 2. The Morgan fingerprint density at radius 2 is 2.18 bits per heavy atom. The maximum atomic E-state index is 11.8. The third kappa shape index (κ3) is 2.22. The zero-order valence-electron chi connectivity index (χ0n) is 8.67. The van der Waals surface area contributed by atoms with Gasteiger partial charge in [-0.05, 0) is 12.1 Å². The first-order valence-electron chi connectivity index (χ1n) is 4.90. The Morgan fingerprint density at radius 1 is 1.53 bits per heavy atom. The number of aliphatic hydroxyl groups excluding tert-OH is 1. The van der Waals surface area contributed by atoms with E-state index in [4.69, 9.17) is 16.7 Å². The predicted molar refractivity (Wildman–Crippen MR) is 60.0 cm³/mol. The van der Waals surface area contributed by atoms with Gasteiger partial charge in [-0.1, -0.05) is 11.6 Å². The van der Waals surface area contributed by atoms with Crippen molar-refractivity contribution in [1.82, 2.24) is 4.90 Å². The number of hydrogen-bond donors (Lipinski definition) is 1. The van der Waals surface area contributed by atoms with E-state index < -0.39 is 11.0 Å². The van der Waals surface area contributed by atoms with E-state index in [9.17, 15) is 14.9 Å². The van der Waals surface area contributed by atoms with Crippen molar-refractivity contribution in [2.45, 2.75) is 6.10 Å². The second-order valence-corrected chi connectivity index (χ2v) is 4.19. The highest BCUT2D eigenvalue weighted by atomic mass is 35.5. The molecule has 0 atom stereocenters. The van der Waals surface area contributed by atoms with Crippen LogP contribution in [-0.4, -0.2) is 40.0 Å². The third-order valence-corrected chi connectivity index (χ3v) is 2.84. The van der Waals surface area contributed by atoms with Gasteiger partial charge in [-0.25, -0.2) is 0 Å². The van der Waals surface area contributed by atoms with Gasteiger partial charge >= 0.3 is 0 Å². The molecule has 0 radical (unpaired) electrons. The molecule has 1 N–H and O–H groups in total. The van der Waals surface area contributed by atoms with Crippen molar-refractivity contribution in [1.29, 1.82) is 0 Å². The van der Waals surface area contributed by atoms with E-state index in [0.29, 0.717) is 0 Å². The molecule has 1 amide bonds. The minimum absolute atomic E-state index is 0.0677. The SMILES string of the molecule is O=C(c1ccc([N+](=O)[O-])c(Cl)c1)N1CC(O)C1. The summed E-state index contributed by atoms with van der Waals surface area (Å²) in [7, 11) is 0. The number of halogens is 1. The molecule has 17 heavy (non-hydrogen) atoms.